The molecule has 0 aromatic carbocycles. The lowest BCUT2D eigenvalue weighted by molar-refractivity contribution is -0.118. The minimum atomic E-state index is 0.279. The molecular weight excluding hydrogens is 186 g/mol. The van der Waals surface area contributed by atoms with Crippen LogP contribution in [0.1, 0.15) is 31.7 Å². The molecule has 78 valence electrons. The molecule has 0 fully saturated rings. The SMILES string of the molecule is CC#CCCC(=O)CCc1cccnc1. The van der Waals surface area contributed by atoms with Gasteiger partial charge in [0.15, 0.2) is 0 Å². The summed E-state index contributed by atoms with van der Waals surface area (Å²) in [5, 5.41) is 0. The van der Waals surface area contributed by atoms with Gasteiger partial charge in [0, 0.05) is 31.7 Å². The molecule has 1 aromatic rings. The Bertz CT molecular complexity index is 359. The van der Waals surface area contributed by atoms with Crippen LogP contribution in [0.3, 0.4) is 0 Å². The molecule has 0 aliphatic heterocycles. The first-order chi connectivity index (χ1) is 7.33. The van der Waals surface area contributed by atoms with E-state index in [1.807, 2.05) is 12.1 Å². The van der Waals surface area contributed by atoms with Gasteiger partial charge in [-0.2, -0.15) is 0 Å². The predicted molar refractivity (Wildman–Crippen MR) is 60.2 cm³/mol. The van der Waals surface area contributed by atoms with Gasteiger partial charge < -0.3 is 0 Å². The first-order valence-corrected chi connectivity index (χ1v) is 5.13. The Morgan fingerprint density at radius 1 is 1.47 bits per heavy atom. The van der Waals surface area contributed by atoms with Crippen molar-refractivity contribution >= 4 is 5.78 Å². The lowest BCUT2D eigenvalue weighted by Crippen LogP contribution is -1.99. The largest absolute Gasteiger partial charge is 0.300 e. The van der Waals surface area contributed by atoms with Gasteiger partial charge >= 0.3 is 0 Å². The minimum Gasteiger partial charge on any atom is -0.300 e. The van der Waals surface area contributed by atoms with Crippen molar-refractivity contribution in [2.45, 2.75) is 32.6 Å². The van der Waals surface area contributed by atoms with Crippen LogP contribution in [0.15, 0.2) is 24.5 Å². The third-order valence-corrected chi connectivity index (χ3v) is 2.12. The van der Waals surface area contributed by atoms with Gasteiger partial charge in [0.05, 0.1) is 0 Å². The summed E-state index contributed by atoms with van der Waals surface area (Å²) in [6, 6.07) is 3.88. The number of carbonyl (C=O) groups is 1. The highest BCUT2D eigenvalue weighted by Crippen LogP contribution is 2.03. The molecule has 2 nitrogen and oxygen atoms in total. The lowest BCUT2D eigenvalue weighted by atomic mass is 10.1. The van der Waals surface area contributed by atoms with Crippen LogP contribution in [-0.4, -0.2) is 10.8 Å². The van der Waals surface area contributed by atoms with Gasteiger partial charge in [0.25, 0.3) is 0 Å². The highest BCUT2D eigenvalue weighted by molar-refractivity contribution is 5.78. The van der Waals surface area contributed by atoms with Crippen molar-refractivity contribution in [2.75, 3.05) is 0 Å². The second-order valence-electron chi connectivity index (χ2n) is 3.33. The summed E-state index contributed by atoms with van der Waals surface area (Å²) in [6.07, 6.45) is 6.17. The highest BCUT2D eigenvalue weighted by Gasteiger charge is 2.01. The van der Waals surface area contributed by atoms with E-state index in [1.54, 1.807) is 19.3 Å². The smallest absolute Gasteiger partial charge is 0.134 e. The normalized spacial score (nSPS) is 9.13. The number of aromatic nitrogens is 1. The first-order valence-electron chi connectivity index (χ1n) is 5.13. The third-order valence-electron chi connectivity index (χ3n) is 2.12. The lowest BCUT2D eigenvalue weighted by Gasteiger charge is -1.98. The van der Waals surface area contributed by atoms with Crippen molar-refractivity contribution in [3.63, 3.8) is 0 Å². The number of aryl methyl sites for hydroxylation is 1. The number of hydrogen-bond donors (Lipinski definition) is 0. The second kappa shape index (κ2) is 6.78. The minimum absolute atomic E-state index is 0.279. The molecule has 0 saturated heterocycles. The number of hydrogen-bond acceptors (Lipinski definition) is 2. The van der Waals surface area contributed by atoms with E-state index in [2.05, 4.69) is 16.8 Å². The monoisotopic (exact) mass is 201 g/mol. The molecule has 0 spiro atoms. The Balaban J connectivity index is 2.24. The molecular formula is C13H15NO. The highest BCUT2D eigenvalue weighted by atomic mass is 16.1. The fourth-order valence-electron chi connectivity index (χ4n) is 1.28. The topological polar surface area (TPSA) is 30.0 Å². The van der Waals surface area contributed by atoms with Crippen LogP contribution in [0.2, 0.25) is 0 Å². The van der Waals surface area contributed by atoms with Gasteiger partial charge in [-0.25, -0.2) is 0 Å². The zero-order valence-electron chi connectivity index (χ0n) is 8.99. The fourth-order valence-corrected chi connectivity index (χ4v) is 1.28. The van der Waals surface area contributed by atoms with E-state index in [9.17, 15) is 4.79 Å². The van der Waals surface area contributed by atoms with Gasteiger partial charge in [-0.05, 0) is 25.0 Å². The quantitative estimate of drug-likeness (QED) is 0.685. The van der Waals surface area contributed by atoms with Crippen LogP contribution >= 0.6 is 0 Å². The van der Waals surface area contributed by atoms with Gasteiger partial charge in [0.1, 0.15) is 5.78 Å². The van der Waals surface area contributed by atoms with Crippen LogP contribution in [0, 0.1) is 11.8 Å². The second-order valence-corrected chi connectivity index (χ2v) is 3.33. The van der Waals surface area contributed by atoms with E-state index in [1.165, 1.54) is 0 Å². The number of carbonyl (C=O) groups excluding carboxylic acids is 1. The number of pyridine rings is 1. The van der Waals surface area contributed by atoms with Gasteiger partial charge in [0.2, 0.25) is 0 Å². The predicted octanol–water partition coefficient (Wildman–Crippen LogP) is 2.39. The molecule has 0 N–H and O–H groups in total. The van der Waals surface area contributed by atoms with E-state index in [0.717, 1.165) is 12.0 Å². The van der Waals surface area contributed by atoms with Crippen molar-refractivity contribution in [1.29, 1.82) is 0 Å². The van der Waals surface area contributed by atoms with Gasteiger partial charge in [-0.15, -0.1) is 11.8 Å². The molecule has 2 heteroatoms. The first kappa shape index (κ1) is 11.5. The molecule has 1 heterocycles. The van der Waals surface area contributed by atoms with Crippen molar-refractivity contribution < 1.29 is 4.79 Å². The van der Waals surface area contributed by atoms with Crippen LogP contribution in [-0.2, 0) is 11.2 Å². The van der Waals surface area contributed by atoms with Crippen molar-refractivity contribution in [2.24, 2.45) is 0 Å². The summed E-state index contributed by atoms with van der Waals surface area (Å²) in [5.41, 5.74) is 1.12. The average Bonchev–Trinajstić information content (AvgIpc) is 2.28. The molecule has 0 bridgehead atoms. The molecule has 1 aromatic heterocycles. The Labute approximate surface area is 90.7 Å². The Hall–Kier alpha value is -1.62. The summed E-state index contributed by atoms with van der Waals surface area (Å²) >= 11 is 0. The number of Topliss-reactive ketones (excluding diaryl/α,β-unsaturated/α-hetero) is 1. The van der Waals surface area contributed by atoms with E-state index < -0.39 is 0 Å². The maximum absolute atomic E-state index is 11.4. The Kier molecular flexibility index (Phi) is 5.18. The van der Waals surface area contributed by atoms with Crippen molar-refractivity contribution in [3.05, 3.63) is 30.1 Å². The van der Waals surface area contributed by atoms with Crippen molar-refractivity contribution in [3.8, 4) is 11.8 Å². The molecule has 0 amide bonds. The average molecular weight is 201 g/mol. The van der Waals surface area contributed by atoms with Crippen LogP contribution in [0.5, 0.6) is 0 Å². The summed E-state index contributed by atoms with van der Waals surface area (Å²) in [4.78, 5) is 15.4. The van der Waals surface area contributed by atoms with Gasteiger partial charge in [-0.3, -0.25) is 9.78 Å². The summed E-state index contributed by atoms with van der Waals surface area (Å²) in [5.74, 6) is 5.96. The Morgan fingerprint density at radius 2 is 2.33 bits per heavy atom. The van der Waals surface area contributed by atoms with Crippen molar-refractivity contribution in [1.82, 2.24) is 4.98 Å². The van der Waals surface area contributed by atoms with E-state index >= 15 is 0 Å². The zero-order valence-corrected chi connectivity index (χ0v) is 8.99. The molecule has 15 heavy (non-hydrogen) atoms. The zero-order chi connectivity index (χ0) is 10.9. The number of nitrogens with zero attached hydrogens (tertiary/aromatic N) is 1. The van der Waals surface area contributed by atoms with Crippen LogP contribution < -0.4 is 0 Å². The maximum atomic E-state index is 11.4. The standard InChI is InChI=1S/C13H15NO/c1-2-3-4-7-13(15)9-8-12-6-5-10-14-11-12/h5-6,10-11H,4,7-9H2,1H3. The van der Waals surface area contributed by atoms with E-state index in [-0.39, 0.29) is 5.78 Å². The summed E-state index contributed by atoms with van der Waals surface area (Å²) in [6.45, 7) is 1.79. The summed E-state index contributed by atoms with van der Waals surface area (Å²) < 4.78 is 0. The van der Waals surface area contributed by atoms with E-state index in [0.29, 0.717) is 19.3 Å². The number of rotatable bonds is 5. The summed E-state index contributed by atoms with van der Waals surface area (Å²) in [7, 11) is 0. The molecule has 0 saturated carbocycles. The molecule has 1 rings (SSSR count). The van der Waals surface area contributed by atoms with Gasteiger partial charge in [-0.1, -0.05) is 6.07 Å². The molecule has 0 aliphatic rings. The van der Waals surface area contributed by atoms with E-state index in [4.69, 9.17) is 0 Å². The number of ketones is 1. The Morgan fingerprint density at radius 3 is 3.00 bits per heavy atom. The third kappa shape index (κ3) is 4.97. The molecule has 0 atom stereocenters. The van der Waals surface area contributed by atoms with Crippen LogP contribution in [0.25, 0.3) is 0 Å². The molecule has 0 unspecified atom stereocenters. The molecule has 0 radical (unpaired) electrons. The maximum Gasteiger partial charge on any atom is 0.134 e. The fraction of sp³-hybridized carbons (Fsp3) is 0.385. The molecule has 0 aliphatic carbocycles. The van der Waals surface area contributed by atoms with Crippen LogP contribution in [0.4, 0.5) is 0 Å².